The number of nitrogens with zero attached hydrogens (tertiary/aromatic N) is 4. The largest absolute Gasteiger partial charge is 0.397 e. The second-order valence-corrected chi connectivity index (χ2v) is 4.22. The lowest BCUT2D eigenvalue weighted by Crippen LogP contribution is -2.18. The topological polar surface area (TPSA) is 98.7 Å². The summed E-state index contributed by atoms with van der Waals surface area (Å²) in [6, 6.07) is 2.04. The molecule has 7 heteroatoms. The van der Waals surface area contributed by atoms with Crippen LogP contribution in [-0.4, -0.2) is 25.7 Å². The molecule has 0 saturated heterocycles. The lowest BCUT2D eigenvalue weighted by molar-refractivity contribution is 0.101. The molecule has 1 aliphatic rings. The SMILES string of the molecule is Nc1cc(C(=O)Nc2nccnn2)n(C2CC2)c1. The molecule has 18 heavy (non-hydrogen) atoms. The Hall–Kier alpha value is -2.44. The van der Waals surface area contributed by atoms with Gasteiger partial charge in [-0.05, 0) is 18.9 Å². The van der Waals surface area contributed by atoms with Crippen molar-refractivity contribution in [2.45, 2.75) is 18.9 Å². The first-order valence-corrected chi connectivity index (χ1v) is 5.66. The molecule has 0 unspecified atom stereocenters. The van der Waals surface area contributed by atoms with Gasteiger partial charge in [0.2, 0.25) is 5.95 Å². The summed E-state index contributed by atoms with van der Waals surface area (Å²) in [4.78, 5) is 16.0. The minimum Gasteiger partial charge on any atom is -0.397 e. The number of nitrogens with two attached hydrogens (primary N) is 1. The highest BCUT2D eigenvalue weighted by molar-refractivity contribution is 6.02. The van der Waals surface area contributed by atoms with Crippen molar-refractivity contribution in [1.82, 2.24) is 19.7 Å². The van der Waals surface area contributed by atoms with Crippen LogP contribution in [0.4, 0.5) is 11.6 Å². The van der Waals surface area contributed by atoms with E-state index >= 15 is 0 Å². The van der Waals surface area contributed by atoms with Gasteiger partial charge >= 0.3 is 0 Å². The molecule has 1 saturated carbocycles. The van der Waals surface area contributed by atoms with Crippen LogP contribution in [-0.2, 0) is 0 Å². The second-order valence-electron chi connectivity index (χ2n) is 4.22. The molecule has 3 rings (SSSR count). The molecule has 3 N–H and O–H groups in total. The summed E-state index contributed by atoms with van der Waals surface area (Å²) in [6.45, 7) is 0. The first-order chi connectivity index (χ1) is 8.74. The van der Waals surface area contributed by atoms with E-state index in [1.807, 2.05) is 4.57 Å². The van der Waals surface area contributed by atoms with Crippen LogP contribution < -0.4 is 11.1 Å². The van der Waals surface area contributed by atoms with E-state index < -0.39 is 0 Å². The predicted octanol–water partition coefficient (Wildman–Crippen LogP) is 0.842. The van der Waals surface area contributed by atoms with E-state index in [1.54, 1.807) is 12.3 Å². The van der Waals surface area contributed by atoms with Crippen LogP contribution >= 0.6 is 0 Å². The van der Waals surface area contributed by atoms with Gasteiger partial charge in [-0.1, -0.05) is 0 Å². The van der Waals surface area contributed by atoms with E-state index in [4.69, 9.17) is 5.73 Å². The van der Waals surface area contributed by atoms with E-state index in [-0.39, 0.29) is 11.9 Å². The number of carbonyl (C=O) groups is 1. The maximum Gasteiger partial charge on any atom is 0.274 e. The van der Waals surface area contributed by atoms with Gasteiger partial charge < -0.3 is 10.3 Å². The van der Waals surface area contributed by atoms with Crippen molar-refractivity contribution in [3.63, 3.8) is 0 Å². The predicted molar refractivity (Wildman–Crippen MR) is 64.9 cm³/mol. The molecule has 0 aromatic carbocycles. The Balaban J connectivity index is 1.84. The third kappa shape index (κ3) is 2.02. The molecule has 2 heterocycles. The van der Waals surface area contributed by atoms with E-state index in [0.29, 0.717) is 17.4 Å². The molecule has 1 fully saturated rings. The standard InChI is InChI=1S/C11H12N6O/c12-7-5-9(17(6-7)8-1-2-8)10(18)15-11-13-3-4-14-16-11/h3-6,8H,1-2,12H2,(H,13,15,16,18). The number of aromatic nitrogens is 4. The van der Waals surface area contributed by atoms with Crippen molar-refractivity contribution in [2.24, 2.45) is 0 Å². The van der Waals surface area contributed by atoms with E-state index in [2.05, 4.69) is 20.5 Å². The maximum absolute atomic E-state index is 12.1. The zero-order valence-corrected chi connectivity index (χ0v) is 9.58. The van der Waals surface area contributed by atoms with Gasteiger partial charge in [-0.3, -0.25) is 10.1 Å². The Morgan fingerprint density at radius 2 is 2.28 bits per heavy atom. The molecule has 0 spiro atoms. The number of hydrogen-bond donors (Lipinski definition) is 2. The first-order valence-electron chi connectivity index (χ1n) is 5.66. The number of carbonyl (C=O) groups excluding carboxylic acids is 1. The van der Waals surface area contributed by atoms with Crippen LogP contribution in [0.2, 0.25) is 0 Å². The molecular formula is C11H12N6O. The van der Waals surface area contributed by atoms with E-state index in [9.17, 15) is 4.79 Å². The number of nitrogens with one attached hydrogen (secondary N) is 1. The van der Waals surface area contributed by atoms with Gasteiger partial charge in [0, 0.05) is 12.2 Å². The quantitative estimate of drug-likeness (QED) is 0.833. The first kappa shape index (κ1) is 10.7. The molecule has 0 bridgehead atoms. The molecular weight excluding hydrogens is 232 g/mol. The van der Waals surface area contributed by atoms with Crippen LogP contribution in [0.3, 0.4) is 0 Å². The Kier molecular flexibility index (Phi) is 2.44. The monoisotopic (exact) mass is 244 g/mol. The van der Waals surface area contributed by atoms with Gasteiger partial charge in [0.25, 0.3) is 5.91 Å². The van der Waals surface area contributed by atoms with Crippen LogP contribution in [0, 0.1) is 0 Å². The summed E-state index contributed by atoms with van der Waals surface area (Å²) in [5, 5.41) is 9.95. The van der Waals surface area contributed by atoms with Gasteiger partial charge in [0.05, 0.1) is 18.1 Å². The van der Waals surface area contributed by atoms with Crippen LogP contribution in [0.1, 0.15) is 29.4 Å². The minimum atomic E-state index is -0.272. The van der Waals surface area contributed by atoms with Crippen molar-refractivity contribution in [1.29, 1.82) is 0 Å². The molecule has 7 nitrogen and oxygen atoms in total. The number of amides is 1. The Morgan fingerprint density at radius 1 is 1.44 bits per heavy atom. The molecule has 0 aliphatic heterocycles. The summed E-state index contributed by atoms with van der Waals surface area (Å²) in [5.41, 5.74) is 6.84. The minimum absolute atomic E-state index is 0.185. The normalized spacial score (nSPS) is 14.4. The third-order valence-electron chi connectivity index (χ3n) is 2.75. The van der Waals surface area contributed by atoms with Crippen molar-refractivity contribution in [2.75, 3.05) is 11.1 Å². The van der Waals surface area contributed by atoms with Crippen molar-refractivity contribution >= 4 is 17.5 Å². The van der Waals surface area contributed by atoms with E-state index in [1.165, 1.54) is 12.4 Å². The number of nitrogen functional groups attached to an aromatic ring is 1. The van der Waals surface area contributed by atoms with Crippen LogP contribution in [0.5, 0.6) is 0 Å². The number of hydrogen-bond acceptors (Lipinski definition) is 5. The van der Waals surface area contributed by atoms with E-state index in [0.717, 1.165) is 12.8 Å². The Bertz CT molecular complexity index is 574. The summed E-state index contributed by atoms with van der Waals surface area (Å²) in [5.74, 6) is -0.0868. The number of anilines is 2. The Labute approximate surface area is 103 Å². The molecule has 1 aliphatic carbocycles. The second kappa shape index (κ2) is 4.10. The average Bonchev–Trinajstić information content (AvgIpc) is 3.13. The highest BCUT2D eigenvalue weighted by atomic mass is 16.2. The van der Waals surface area contributed by atoms with Crippen LogP contribution in [0.15, 0.2) is 24.7 Å². The maximum atomic E-state index is 12.1. The molecule has 2 aromatic heterocycles. The summed E-state index contributed by atoms with van der Waals surface area (Å²) >= 11 is 0. The van der Waals surface area contributed by atoms with Gasteiger partial charge in [-0.15, -0.1) is 5.10 Å². The summed E-state index contributed by atoms with van der Waals surface area (Å²) in [7, 11) is 0. The molecule has 1 amide bonds. The van der Waals surface area contributed by atoms with Crippen molar-refractivity contribution in [3.8, 4) is 0 Å². The fourth-order valence-corrected chi connectivity index (χ4v) is 1.81. The van der Waals surface area contributed by atoms with Crippen molar-refractivity contribution in [3.05, 3.63) is 30.4 Å². The molecule has 0 radical (unpaired) electrons. The fourth-order valence-electron chi connectivity index (χ4n) is 1.81. The lowest BCUT2D eigenvalue weighted by Gasteiger charge is -2.06. The molecule has 0 atom stereocenters. The smallest absolute Gasteiger partial charge is 0.274 e. The average molecular weight is 244 g/mol. The lowest BCUT2D eigenvalue weighted by atomic mass is 10.4. The van der Waals surface area contributed by atoms with Gasteiger partial charge in [0.1, 0.15) is 5.69 Å². The summed E-state index contributed by atoms with van der Waals surface area (Å²) < 4.78 is 1.90. The zero-order chi connectivity index (χ0) is 12.5. The zero-order valence-electron chi connectivity index (χ0n) is 9.58. The van der Waals surface area contributed by atoms with Crippen LogP contribution in [0.25, 0.3) is 0 Å². The van der Waals surface area contributed by atoms with Gasteiger partial charge in [0.15, 0.2) is 0 Å². The fraction of sp³-hybridized carbons (Fsp3) is 0.273. The third-order valence-corrected chi connectivity index (χ3v) is 2.75. The highest BCUT2D eigenvalue weighted by Gasteiger charge is 2.27. The van der Waals surface area contributed by atoms with Gasteiger partial charge in [-0.25, -0.2) is 4.98 Å². The van der Waals surface area contributed by atoms with Gasteiger partial charge in [-0.2, -0.15) is 5.10 Å². The molecule has 2 aromatic rings. The molecule has 92 valence electrons. The Morgan fingerprint density at radius 3 is 2.94 bits per heavy atom. The highest BCUT2D eigenvalue weighted by Crippen LogP contribution is 2.37. The van der Waals surface area contributed by atoms with Crippen molar-refractivity contribution < 1.29 is 4.79 Å². The number of rotatable bonds is 3. The summed E-state index contributed by atoms with van der Waals surface area (Å²) in [6.07, 6.45) is 6.86.